The summed E-state index contributed by atoms with van der Waals surface area (Å²) in [6.07, 6.45) is 4.05. The highest BCUT2D eigenvalue weighted by atomic mass is 16.6. The third-order valence-electron chi connectivity index (χ3n) is 5.29. The molecule has 8 nitrogen and oxygen atoms in total. The second kappa shape index (κ2) is 8.40. The molecule has 2 aliphatic rings. The van der Waals surface area contributed by atoms with Crippen molar-refractivity contribution in [3.63, 3.8) is 0 Å². The molecule has 31 heavy (non-hydrogen) atoms. The molecular formula is C23H30N2O6. The van der Waals surface area contributed by atoms with Gasteiger partial charge in [-0.2, -0.15) is 0 Å². The number of amides is 2. The van der Waals surface area contributed by atoms with Gasteiger partial charge in [-0.15, -0.1) is 6.42 Å². The molecule has 2 saturated heterocycles. The molecule has 168 valence electrons. The van der Waals surface area contributed by atoms with Crippen LogP contribution in [0.5, 0.6) is 5.75 Å². The van der Waals surface area contributed by atoms with Gasteiger partial charge in [0.25, 0.3) is 5.91 Å². The van der Waals surface area contributed by atoms with Gasteiger partial charge >= 0.3 is 6.09 Å². The number of carbonyl (C=O) groups is 2. The van der Waals surface area contributed by atoms with Crippen LogP contribution in [0.4, 0.5) is 10.5 Å². The normalized spacial score (nSPS) is 25.1. The van der Waals surface area contributed by atoms with Gasteiger partial charge in [0.05, 0.1) is 25.8 Å². The van der Waals surface area contributed by atoms with Crippen LogP contribution in [0.25, 0.3) is 0 Å². The Bertz CT molecular complexity index is 868. The van der Waals surface area contributed by atoms with Crippen molar-refractivity contribution in [3.8, 4) is 18.1 Å². The van der Waals surface area contributed by atoms with Gasteiger partial charge in [-0.05, 0) is 58.9 Å². The van der Waals surface area contributed by atoms with E-state index in [1.807, 2.05) is 0 Å². The fourth-order valence-corrected chi connectivity index (χ4v) is 3.96. The number of hydrogen-bond acceptors (Lipinski definition) is 6. The maximum Gasteiger partial charge on any atom is 0.412 e. The average Bonchev–Trinajstić information content (AvgIpc) is 2.99. The number of terminal acetylenes is 1. The van der Waals surface area contributed by atoms with E-state index in [1.54, 1.807) is 75.8 Å². The molecule has 0 bridgehead atoms. The van der Waals surface area contributed by atoms with E-state index in [-0.39, 0.29) is 19.1 Å². The SMILES string of the molecule is C#CCO[C@@H]1C(=O)N(c2ccc(OC)cc2)[C@@H]1[C@@H]1COC(C)(C)N1C(=O)OC(C)(C)C. The van der Waals surface area contributed by atoms with Crippen LogP contribution < -0.4 is 9.64 Å². The summed E-state index contributed by atoms with van der Waals surface area (Å²) in [5.41, 5.74) is -0.913. The van der Waals surface area contributed by atoms with Crippen molar-refractivity contribution in [3.05, 3.63) is 24.3 Å². The van der Waals surface area contributed by atoms with Crippen LogP contribution in [-0.4, -0.2) is 66.7 Å². The number of benzene rings is 1. The molecule has 3 atom stereocenters. The highest BCUT2D eigenvalue weighted by molar-refractivity contribution is 6.05. The van der Waals surface area contributed by atoms with Gasteiger partial charge in [-0.25, -0.2) is 4.79 Å². The first-order chi connectivity index (χ1) is 14.5. The van der Waals surface area contributed by atoms with Crippen molar-refractivity contribution in [2.45, 2.75) is 64.1 Å². The number of carbonyl (C=O) groups excluding carboxylic acids is 2. The molecule has 0 N–H and O–H groups in total. The zero-order valence-corrected chi connectivity index (χ0v) is 18.9. The second-order valence-electron chi connectivity index (χ2n) is 9.01. The standard InChI is InChI=1S/C23H30N2O6/c1-8-13-29-19-18(24(20(19)26)15-9-11-16(28-7)12-10-15)17-14-30-23(5,6)25(17)21(27)31-22(2,3)4/h1,9-12,17-19H,13-14H2,2-7H3/t17-,18+,19-/m0/s1. The van der Waals surface area contributed by atoms with Crippen LogP contribution in [0.3, 0.4) is 0 Å². The Balaban J connectivity index is 1.95. The van der Waals surface area contributed by atoms with E-state index in [2.05, 4.69) is 5.92 Å². The molecule has 3 rings (SSSR count). The predicted molar refractivity (Wildman–Crippen MR) is 115 cm³/mol. The molecule has 2 fully saturated rings. The molecule has 0 unspecified atom stereocenters. The number of nitrogens with zero attached hydrogens (tertiary/aromatic N) is 2. The monoisotopic (exact) mass is 430 g/mol. The van der Waals surface area contributed by atoms with Crippen LogP contribution >= 0.6 is 0 Å². The van der Waals surface area contributed by atoms with E-state index in [9.17, 15) is 9.59 Å². The molecular weight excluding hydrogens is 400 g/mol. The van der Waals surface area contributed by atoms with E-state index in [1.165, 1.54) is 0 Å². The minimum Gasteiger partial charge on any atom is -0.497 e. The molecule has 1 aromatic rings. The molecule has 0 aliphatic carbocycles. The Kier molecular flexibility index (Phi) is 6.21. The average molecular weight is 431 g/mol. The lowest BCUT2D eigenvalue weighted by molar-refractivity contribution is -0.143. The molecule has 2 aliphatic heterocycles. The Labute approximate surface area is 183 Å². The van der Waals surface area contributed by atoms with E-state index in [0.29, 0.717) is 11.4 Å². The Morgan fingerprint density at radius 3 is 2.48 bits per heavy atom. The molecule has 2 amide bonds. The van der Waals surface area contributed by atoms with Crippen molar-refractivity contribution < 1.29 is 28.5 Å². The number of hydrogen-bond donors (Lipinski definition) is 0. The van der Waals surface area contributed by atoms with Crippen molar-refractivity contribution in [2.24, 2.45) is 0 Å². The number of β-lactam (4-membered cyclic amide) rings is 1. The zero-order chi connectivity index (χ0) is 23.0. The van der Waals surface area contributed by atoms with E-state index >= 15 is 0 Å². The maximum absolute atomic E-state index is 13.1. The third kappa shape index (κ3) is 4.48. The molecule has 1 aromatic carbocycles. The predicted octanol–water partition coefficient (Wildman–Crippen LogP) is 2.80. The summed E-state index contributed by atoms with van der Waals surface area (Å²) in [5.74, 6) is 2.86. The number of ether oxygens (including phenoxy) is 4. The molecule has 2 heterocycles. The molecule has 0 radical (unpaired) electrons. The lowest BCUT2D eigenvalue weighted by atomic mass is 9.89. The summed E-state index contributed by atoms with van der Waals surface area (Å²) in [5, 5.41) is 0. The van der Waals surface area contributed by atoms with Crippen LogP contribution in [0.15, 0.2) is 24.3 Å². The van der Waals surface area contributed by atoms with Crippen molar-refractivity contribution in [1.29, 1.82) is 0 Å². The lowest BCUT2D eigenvalue weighted by Crippen LogP contribution is -2.73. The van der Waals surface area contributed by atoms with E-state index < -0.39 is 35.6 Å². The van der Waals surface area contributed by atoms with Crippen LogP contribution in [0, 0.1) is 12.3 Å². The molecule has 0 spiro atoms. The Morgan fingerprint density at radius 1 is 1.29 bits per heavy atom. The van der Waals surface area contributed by atoms with Crippen LogP contribution in [0.1, 0.15) is 34.6 Å². The molecule has 0 aromatic heterocycles. The molecule has 8 heteroatoms. The summed E-state index contributed by atoms with van der Waals surface area (Å²) in [6.45, 7) is 9.23. The van der Waals surface area contributed by atoms with Crippen molar-refractivity contribution in [1.82, 2.24) is 4.90 Å². The van der Waals surface area contributed by atoms with Crippen molar-refractivity contribution >= 4 is 17.7 Å². The van der Waals surface area contributed by atoms with E-state index in [0.717, 1.165) is 0 Å². The largest absolute Gasteiger partial charge is 0.497 e. The van der Waals surface area contributed by atoms with Crippen LogP contribution in [0.2, 0.25) is 0 Å². The summed E-state index contributed by atoms with van der Waals surface area (Å²) in [7, 11) is 1.58. The Morgan fingerprint density at radius 2 is 1.94 bits per heavy atom. The minimum absolute atomic E-state index is 0.00718. The highest BCUT2D eigenvalue weighted by Crippen LogP contribution is 2.40. The van der Waals surface area contributed by atoms with E-state index in [4.69, 9.17) is 25.4 Å². The van der Waals surface area contributed by atoms with Gasteiger partial charge < -0.3 is 23.8 Å². The lowest BCUT2D eigenvalue weighted by Gasteiger charge is -2.51. The van der Waals surface area contributed by atoms with Gasteiger partial charge in [-0.3, -0.25) is 9.69 Å². The fourth-order valence-electron chi connectivity index (χ4n) is 3.96. The third-order valence-corrected chi connectivity index (χ3v) is 5.29. The highest BCUT2D eigenvalue weighted by Gasteiger charge is 2.59. The number of anilines is 1. The second-order valence-corrected chi connectivity index (χ2v) is 9.01. The zero-order valence-electron chi connectivity index (χ0n) is 18.9. The minimum atomic E-state index is -0.909. The van der Waals surface area contributed by atoms with Gasteiger partial charge in [0.2, 0.25) is 0 Å². The summed E-state index contributed by atoms with van der Waals surface area (Å²) in [4.78, 5) is 29.2. The first-order valence-corrected chi connectivity index (χ1v) is 10.2. The first kappa shape index (κ1) is 22.9. The number of methoxy groups -OCH3 is 1. The summed E-state index contributed by atoms with van der Waals surface area (Å²) in [6, 6.07) is 6.17. The topological polar surface area (TPSA) is 77.5 Å². The van der Waals surface area contributed by atoms with Crippen LogP contribution in [-0.2, 0) is 19.0 Å². The smallest absolute Gasteiger partial charge is 0.412 e. The fraction of sp³-hybridized carbons (Fsp3) is 0.565. The van der Waals surface area contributed by atoms with Gasteiger partial charge in [0.1, 0.15) is 23.7 Å². The Hall–Kier alpha value is -2.76. The summed E-state index contributed by atoms with van der Waals surface area (Å²) < 4.78 is 22.5. The summed E-state index contributed by atoms with van der Waals surface area (Å²) >= 11 is 0. The van der Waals surface area contributed by atoms with Gasteiger partial charge in [-0.1, -0.05) is 5.92 Å². The van der Waals surface area contributed by atoms with Gasteiger partial charge in [0, 0.05) is 5.69 Å². The quantitative estimate of drug-likeness (QED) is 0.528. The molecule has 0 saturated carbocycles. The van der Waals surface area contributed by atoms with Gasteiger partial charge in [0.15, 0.2) is 6.10 Å². The maximum atomic E-state index is 13.1. The first-order valence-electron chi connectivity index (χ1n) is 10.2. The van der Waals surface area contributed by atoms with Crippen molar-refractivity contribution in [2.75, 3.05) is 25.2 Å². The number of rotatable bonds is 5.